The van der Waals surface area contributed by atoms with Crippen LogP contribution in [0.15, 0.2) is 47.3 Å². The van der Waals surface area contributed by atoms with Crippen LogP contribution >= 0.6 is 12.2 Å². The zero-order valence-electron chi connectivity index (χ0n) is 19.5. The number of hydrogen-bond acceptors (Lipinski definition) is 3. The molecule has 4 rings (SSSR count). The van der Waals surface area contributed by atoms with Crippen molar-refractivity contribution in [2.24, 2.45) is 0 Å². The van der Waals surface area contributed by atoms with Gasteiger partial charge in [-0.2, -0.15) is 0 Å². The van der Waals surface area contributed by atoms with E-state index in [-0.39, 0.29) is 11.4 Å². The molecule has 0 amide bonds. The quantitative estimate of drug-likeness (QED) is 0.503. The zero-order chi connectivity index (χ0) is 23.5. The van der Waals surface area contributed by atoms with Crippen molar-refractivity contribution in [3.05, 3.63) is 75.3 Å². The largest absolute Gasteiger partial charge is 0.343 e. The lowest BCUT2D eigenvalue weighted by atomic mass is 10.0. The second kappa shape index (κ2) is 10.0. The molecular weight excluding hydrogens is 435 g/mol. The number of aromatic amines is 1. The van der Waals surface area contributed by atoms with Crippen LogP contribution in [0.4, 0.5) is 10.1 Å². The normalized spacial score (nSPS) is 16.3. The average Bonchev–Trinajstić information content (AvgIpc) is 3.25. The Balaban J connectivity index is 1.63. The van der Waals surface area contributed by atoms with E-state index in [4.69, 9.17) is 12.2 Å². The molecule has 1 aliphatic heterocycles. The van der Waals surface area contributed by atoms with Gasteiger partial charge in [-0.05, 0) is 98.8 Å². The molecule has 7 heteroatoms. The van der Waals surface area contributed by atoms with Gasteiger partial charge in [-0.1, -0.05) is 19.1 Å². The Kier molecular flexibility index (Phi) is 7.10. The molecule has 1 unspecified atom stereocenters. The molecular formula is C26H31FN4OS. The van der Waals surface area contributed by atoms with Crippen molar-refractivity contribution < 1.29 is 4.39 Å². The number of fused-ring (bicyclic) bond motifs is 1. The summed E-state index contributed by atoms with van der Waals surface area (Å²) in [6.07, 6.45) is 2.27. The number of pyridine rings is 1. The number of anilines is 1. The third-order valence-electron chi connectivity index (χ3n) is 6.71. The van der Waals surface area contributed by atoms with Crippen LogP contribution in [0.25, 0.3) is 10.9 Å². The molecule has 1 atom stereocenters. The number of halogens is 1. The molecule has 2 heterocycles. The van der Waals surface area contributed by atoms with Crippen LogP contribution in [0.5, 0.6) is 0 Å². The summed E-state index contributed by atoms with van der Waals surface area (Å²) in [5.41, 5.74) is 4.43. The summed E-state index contributed by atoms with van der Waals surface area (Å²) in [6.45, 7) is 9.46. The predicted octanol–water partition coefficient (Wildman–Crippen LogP) is 4.97. The second-order valence-corrected chi connectivity index (χ2v) is 9.22. The van der Waals surface area contributed by atoms with Gasteiger partial charge in [0, 0.05) is 23.8 Å². The van der Waals surface area contributed by atoms with Gasteiger partial charge in [-0.25, -0.2) is 4.39 Å². The van der Waals surface area contributed by atoms with Crippen molar-refractivity contribution >= 4 is 33.9 Å². The average molecular weight is 467 g/mol. The molecule has 2 aromatic carbocycles. The minimum atomic E-state index is -0.291. The number of nitrogens with zero attached hydrogens (tertiary/aromatic N) is 2. The van der Waals surface area contributed by atoms with Gasteiger partial charge < -0.3 is 15.2 Å². The maximum absolute atomic E-state index is 13.3. The van der Waals surface area contributed by atoms with Crippen LogP contribution in [0, 0.1) is 19.7 Å². The fourth-order valence-electron chi connectivity index (χ4n) is 4.62. The third-order valence-corrected chi connectivity index (χ3v) is 7.07. The van der Waals surface area contributed by atoms with Gasteiger partial charge in [0.25, 0.3) is 5.56 Å². The first kappa shape index (κ1) is 23.4. The molecule has 174 valence electrons. The number of hydrogen-bond donors (Lipinski definition) is 2. The number of likely N-dealkylation sites (tertiary alicyclic amines) is 1. The minimum absolute atomic E-state index is 0.0930. The van der Waals surface area contributed by atoms with Crippen molar-refractivity contribution in [1.82, 2.24) is 14.8 Å². The third kappa shape index (κ3) is 5.25. The number of thiocarbonyl (C=S) groups is 1. The first-order chi connectivity index (χ1) is 15.9. The highest BCUT2D eigenvalue weighted by atomic mass is 32.1. The predicted molar refractivity (Wildman–Crippen MR) is 137 cm³/mol. The van der Waals surface area contributed by atoms with Crippen LogP contribution in [0.3, 0.4) is 0 Å². The van der Waals surface area contributed by atoms with Crippen molar-refractivity contribution in [3.8, 4) is 0 Å². The molecule has 33 heavy (non-hydrogen) atoms. The van der Waals surface area contributed by atoms with Crippen LogP contribution in [0.2, 0.25) is 0 Å². The molecule has 3 aromatic rings. The van der Waals surface area contributed by atoms with Gasteiger partial charge >= 0.3 is 0 Å². The molecule has 0 radical (unpaired) electrons. The lowest BCUT2D eigenvalue weighted by Crippen LogP contribution is -2.44. The highest BCUT2D eigenvalue weighted by molar-refractivity contribution is 7.80. The summed E-state index contributed by atoms with van der Waals surface area (Å²) in [4.78, 5) is 20.6. The SMILES string of the molecule is CCN1CCCC1CN(Cc1cc2ccc(C)c(C)c2[nH]c1=O)C(=S)Nc1ccc(F)cc1. The van der Waals surface area contributed by atoms with Crippen LogP contribution in [-0.2, 0) is 6.54 Å². The van der Waals surface area contributed by atoms with Gasteiger partial charge in [0.1, 0.15) is 5.82 Å². The maximum Gasteiger partial charge on any atom is 0.253 e. The summed E-state index contributed by atoms with van der Waals surface area (Å²) in [6, 6.07) is 12.6. The van der Waals surface area contributed by atoms with E-state index in [0.29, 0.717) is 23.3 Å². The van der Waals surface area contributed by atoms with Crippen LogP contribution in [0.1, 0.15) is 36.5 Å². The van der Waals surface area contributed by atoms with Gasteiger partial charge in [-0.15, -0.1) is 0 Å². The number of aryl methyl sites for hydroxylation is 2. The van der Waals surface area contributed by atoms with E-state index in [2.05, 4.69) is 33.1 Å². The summed E-state index contributed by atoms with van der Waals surface area (Å²) in [5, 5.41) is 4.78. The number of nitrogens with one attached hydrogen (secondary N) is 2. The highest BCUT2D eigenvalue weighted by Crippen LogP contribution is 2.22. The van der Waals surface area contributed by atoms with E-state index in [1.807, 2.05) is 26.0 Å². The summed E-state index contributed by atoms with van der Waals surface area (Å²) in [7, 11) is 0. The van der Waals surface area contributed by atoms with Crippen molar-refractivity contribution in [2.45, 2.75) is 46.2 Å². The van der Waals surface area contributed by atoms with E-state index in [1.54, 1.807) is 12.1 Å². The smallest absolute Gasteiger partial charge is 0.253 e. The van der Waals surface area contributed by atoms with E-state index in [0.717, 1.165) is 53.8 Å². The Labute approximate surface area is 199 Å². The molecule has 1 saturated heterocycles. The fourth-order valence-corrected chi connectivity index (χ4v) is 4.88. The lowest BCUT2D eigenvalue weighted by molar-refractivity contribution is 0.221. The van der Waals surface area contributed by atoms with E-state index >= 15 is 0 Å². The molecule has 0 spiro atoms. The topological polar surface area (TPSA) is 51.4 Å². The Morgan fingerprint density at radius 2 is 2.00 bits per heavy atom. The van der Waals surface area contributed by atoms with Crippen molar-refractivity contribution in [1.29, 1.82) is 0 Å². The Morgan fingerprint density at radius 1 is 1.24 bits per heavy atom. The first-order valence-corrected chi connectivity index (χ1v) is 11.9. The second-order valence-electron chi connectivity index (χ2n) is 8.84. The van der Waals surface area contributed by atoms with Crippen LogP contribution in [-0.4, -0.2) is 45.6 Å². The lowest BCUT2D eigenvalue weighted by Gasteiger charge is -2.32. The van der Waals surface area contributed by atoms with Gasteiger partial charge in [0.2, 0.25) is 0 Å². The monoisotopic (exact) mass is 466 g/mol. The number of benzene rings is 2. The first-order valence-electron chi connectivity index (χ1n) is 11.5. The van der Waals surface area contributed by atoms with E-state index < -0.39 is 0 Å². The highest BCUT2D eigenvalue weighted by Gasteiger charge is 2.26. The van der Waals surface area contributed by atoms with Crippen molar-refractivity contribution in [3.63, 3.8) is 0 Å². The van der Waals surface area contributed by atoms with Gasteiger partial charge in [0.05, 0.1) is 12.1 Å². The Hall–Kier alpha value is -2.77. The molecule has 1 aliphatic rings. The molecule has 1 aromatic heterocycles. The standard InChI is InChI=1S/C26H31FN4OS/c1-4-30-13-5-6-23(30)16-31(26(33)28-22-11-9-21(27)10-12-22)15-20-14-19-8-7-17(2)18(3)24(19)29-25(20)32/h7-12,14,23H,4-6,13,15-16H2,1-3H3,(H,28,33)(H,29,32). The fraction of sp³-hybridized carbons (Fsp3) is 0.385. The Bertz CT molecular complexity index is 1210. The summed E-state index contributed by atoms with van der Waals surface area (Å²) < 4.78 is 13.3. The molecule has 0 aliphatic carbocycles. The molecule has 0 bridgehead atoms. The minimum Gasteiger partial charge on any atom is -0.343 e. The maximum atomic E-state index is 13.3. The molecule has 5 nitrogen and oxygen atoms in total. The molecule has 1 fully saturated rings. The van der Waals surface area contributed by atoms with E-state index in [9.17, 15) is 9.18 Å². The molecule has 0 saturated carbocycles. The van der Waals surface area contributed by atoms with E-state index in [1.165, 1.54) is 18.6 Å². The van der Waals surface area contributed by atoms with Crippen molar-refractivity contribution in [2.75, 3.05) is 25.0 Å². The van der Waals surface area contributed by atoms with Gasteiger partial charge in [0.15, 0.2) is 5.11 Å². The number of aromatic nitrogens is 1. The zero-order valence-corrected chi connectivity index (χ0v) is 20.3. The summed E-state index contributed by atoms with van der Waals surface area (Å²) in [5.74, 6) is -0.291. The number of rotatable bonds is 6. The molecule has 2 N–H and O–H groups in total. The Morgan fingerprint density at radius 3 is 2.73 bits per heavy atom. The number of likely N-dealkylation sites (N-methyl/N-ethyl adjacent to an activating group) is 1. The number of H-pyrrole nitrogens is 1. The summed E-state index contributed by atoms with van der Waals surface area (Å²) >= 11 is 5.77. The van der Waals surface area contributed by atoms with Gasteiger partial charge in [-0.3, -0.25) is 9.69 Å². The van der Waals surface area contributed by atoms with Crippen LogP contribution < -0.4 is 10.9 Å².